The summed E-state index contributed by atoms with van der Waals surface area (Å²) in [6, 6.07) is 9.85. The summed E-state index contributed by atoms with van der Waals surface area (Å²) in [5.74, 6) is 0.980. The van der Waals surface area contributed by atoms with Crippen molar-refractivity contribution in [1.82, 2.24) is 20.2 Å². The number of alkyl halides is 1. The fourth-order valence-corrected chi connectivity index (χ4v) is 2.18. The highest BCUT2D eigenvalue weighted by molar-refractivity contribution is 6.20. The highest BCUT2D eigenvalue weighted by atomic mass is 35.5. The summed E-state index contributed by atoms with van der Waals surface area (Å²) in [4.78, 5) is 0. The number of hydrogen-bond acceptors (Lipinski definition) is 3. The van der Waals surface area contributed by atoms with Gasteiger partial charge in [-0.25, -0.2) is 0 Å². The molecular formula is C12H15ClN4. The summed E-state index contributed by atoms with van der Waals surface area (Å²) >= 11 is 6.19. The van der Waals surface area contributed by atoms with E-state index in [1.807, 2.05) is 37.3 Å². The van der Waals surface area contributed by atoms with Crippen molar-refractivity contribution in [1.29, 1.82) is 0 Å². The summed E-state index contributed by atoms with van der Waals surface area (Å²) in [5.41, 5.74) is 0.961. The lowest BCUT2D eigenvalue weighted by molar-refractivity contribution is 0.587. The highest BCUT2D eigenvalue weighted by Crippen LogP contribution is 2.26. The van der Waals surface area contributed by atoms with Crippen LogP contribution < -0.4 is 0 Å². The van der Waals surface area contributed by atoms with Crippen molar-refractivity contribution < 1.29 is 0 Å². The van der Waals surface area contributed by atoms with Crippen LogP contribution in [0, 0.1) is 0 Å². The van der Waals surface area contributed by atoms with E-state index in [2.05, 4.69) is 22.4 Å². The van der Waals surface area contributed by atoms with Gasteiger partial charge in [-0.3, -0.25) is 0 Å². The van der Waals surface area contributed by atoms with Gasteiger partial charge in [0.25, 0.3) is 0 Å². The van der Waals surface area contributed by atoms with E-state index < -0.39 is 0 Å². The molecule has 0 fully saturated rings. The van der Waals surface area contributed by atoms with Gasteiger partial charge in [-0.05, 0) is 35.9 Å². The number of rotatable bonds is 4. The van der Waals surface area contributed by atoms with Gasteiger partial charge in [-0.2, -0.15) is 4.68 Å². The first kappa shape index (κ1) is 12.0. The van der Waals surface area contributed by atoms with Gasteiger partial charge in [-0.1, -0.05) is 25.1 Å². The third-order valence-corrected chi connectivity index (χ3v) is 3.12. The largest absolute Gasteiger partial charge is 0.197 e. The summed E-state index contributed by atoms with van der Waals surface area (Å²) in [6.45, 7) is 4.06. The van der Waals surface area contributed by atoms with Crippen LogP contribution in [-0.2, 0) is 0 Å². The van der Waals surface area contributed by atoms with Gasteiger partial charge in [-0.15, -0.1) is 16.7 Å². The van der Waals surface area contributed by atoms with Gasteiger partial charge in [0.15, 0.2) is 5.82 Å². The molecule has 17 heavy (non-hydrogen) atoms. The Kier molecular flexibility index (Phi) is 3.74. The zero-order valence-electron chi connectivity index (χ0n) is 9.92. The second-order valence-electron chi connectivity index (χ2n) is 3.98. The van der Waals surface area contributed by atoms with Gasteiger partial charge in [0.05, 0.1) is 5.69 Å². The standard InChI is InChI=1S/C12H15ClN4/c1-3-11(9(2)13)12-14-15-16-17(12)10-7-5-4-6-8-10/h4-9,11H,3H2,1-2H3. The number of halogens is 1. The van der Waals surface area contributed by atoms with Crippen molar-refractivity contribution in [2.24, 2.45) is 0 Å². The molecule has 0 N–H and O–H groups in total. The summed E-state index contributed by atoms with van der Waals surface area (Å²) in [7, 11) is 0. The van der Waals surface area contributed by atoms with Crippen molar-refractivity contribution in [3.05, 3.63) is 36.2 Å². The van der Waals surface area contributed by atoms with Crippen LogP contribution in [0.1, 0.15) is 32.0 Å². The van der Waals surface area contributed by atoms with Gasteiger partial charge in [0.2, 0.25) is 0 Å². The zero-order chi connectivity index (χ0) is 12.3. The Labute approximate surface area is 106 Å². The molecule has 0 spiro atoms. The van der Waals surface area contributed by atoms with Crippen LogP contribution in [0.5, 0.6) is 0 Å². The van der Waals surface area contributed by atoms with E-state index in [4.69, 9.17) is 11.6 Å². The molecule has 0 aliphatic heterocycles. The summed E-state index contributed by atoms with van der Waals surface area (Å²) in [5, 5.41) is 11.9. The van der Waals surface area contributed by atoms with Crippen molar-refractivity contribution in [3.63, 3.8) is 0 Å². The van der Waals surface area contributed by atoms with Crippen LogP contribution in [0.4, 0.5) is 0 Å². The molecule has 4 nitrogen and oxygen atoms in total. The van der Waals surface area contributed by atoms with Gasteiger partial charge in [0.1, 0.15) is 0 Å². The number of para-hydroxylation sites is 1. The Bertz CT molecular complexity index is 466. The van der Waals surface area contributed by atoms with Crippen LogP contribution in [-0.4, -0.2) is 25.6 Å². The smallest absolute Gasteiger partial charge is 0.161 e. The molecule has 2 atom stereocenters. The van der Waals surface area contributed by atoms with Crippen LogP contribution in [0.15, 0.2) is 30.3 Å². The number of tetrazole rings is 1. The van der Waals surface area contributed by atoms with E-state index in [9.17, 15) is 0 Å². The molecule has 90 valence electrons. The zero-order valence-corrected chi connectivity index (χ0v) is 10.7. The Balaban J connectivity index is 2.41. The SMILES string of the molecule is CCC(c1nnnn1-c1ccccc1)C(C)Cl. The minimum Gasteiger partial charge on any atom is -0.197 e. The Hall–Kier alpha value is -1.42. The topological polar surface area (TPSA) is 43.6 Å². The number of nitrogens with zero attached hydrogens (tertiary/aromatic N) is 4. The predicted octanol–water partition coefficient (Wildman–Crippen LogP) is 2.78. The molecule has 0 bridgehead atoms. The van der Waals surface area contributed by atoms with Gasteiger partial charge >= 0.3 is 0 Å². The molecule has 0 amide bonds. The van der Waals surface area contributed by atoms with E-state index in [0.29, 0.717) is 0 Å². The number of hydrogen-bond donors (Lipinski definition) is 0. The fraction of sp³-hybridized carbons (Fsp3) is 0.417. The number of aromatic nitrogens is 4. The third kappa shape index (κ3) is 2.47. The molecule has 1 aromatic heterocycles. The lowest BCUT2D eigenvalue weighted by Gasteiger charge is -2.16. The first-order chi connectivity index (χ1) is 8.24. The third-order valence-electron chi connectivity index (χ3n) is 2.82. The van der Waals surface area contributed by atoms with Gasteiger partial charge in [0, 0.05) is 11.3 Å². The van der Waals surface area contributed by atoms with E-state index >= 15 is 0 Å². The molecule has 0 saturated heterocycles. The van der Waals surface area contributed by atoms with Crippen LogP contribution >= 0.6 is 11.6 Å². The van der Waals surface area contributed by atoms with Crippen LogP contribution in [0.2, 0.25) is 0 Å². The fourth-order valence-electron chi connectivity index (χ4n) is 1.89. The first-order valence-corrected chi connectivity index (χ1v) is 6.15. The van der Waals surface area contributed by atoms with Crippen molar-refractivity contribution in [3.8, 4) is 5.69 Å². The molecule has 0 radical (unpaired) electrons. The average molecular weight is 251 g/mol. The van der Waals surface area contributed by atoms with Crippen molar-refractivity contribution in [2.75, 3.05) is 0 Å². The van der Waals surface area contributed by atoms with Crippen LogP contribution in [0.3, 0.4) is 0 Å². The first-order valence-electron chi connectivity index (χ1n) is 5.71. The van der Waals surface area contributed by atoms with E-state index in [1.54, 1.807) is 4.68 Å². The maximum absolute atomic E-state index is 6.19. The molecular weight excluding hydrogens is 236 g/mol. The van der Waals surface area contributed by atoms with E-state index in [-0.39, 0.29) is 11.3 Å². The average Bonchev–Trinajstić information content (AvgIpc) is 2.80. The number of benzene rings is 1. The maximum Gasteiger partial charge on any atom is 0.161 e. The Morgan fingerprint density at radius 1 is 1.29 bits per heavy atom. The normalized spacial score (nSPS) is 14.5. The van der Waals surface area contributed by atoms with Gasteiger partial charge < -0.3 is 0 Å². The highest BCUT2D eigenvalue weighted by Gasteiger charge is 2.22. The predicted molar refractivity (Wildman–Crippen MR) is 67.5 cm³/mol. The van der Waals surface area contributed by atoms with E-state index in [0.717, 1.165) is 17.9 Å². The molecule has 2 aromatic rings. The molecule has 0 saturated carbocycles. The molecule has 5 heteroatoms. The summed E-state index contributed by atoms with van der Waals surface area (Å²) in [6.07, 6.45) is 0.915. The summed E-state index contributed by atoms with van der Waals surface area (Å²) < 4.78 is 1.76. The van der Waals surface area contributed by atoms with Crippen molar-refractivity contribution in [2.45, 2.75) is 31.6 Å². The lowest BCUT2D eigenvalue weighted by atomic mass is 10.0. The molecule has 2 unspecified atom stereocenters. The molecule has 1 heterocycles. The Morgan fingerprint density at radius 2 is 2.00 bits per heavy atom. The second kappa shape index (κ2) is 5.27. The second-order valence-corrected chi connectivity index (χ2v) is 4.67. The molecule has 2 rings (SSSR count). The lowest BCUT2D eigenvalue weighted by Crippen LogP contribution is -2.15. The quantitative estimate of drug-likeness (QED) is 0.784. The van der Waals surface area contributed by atoms with Crippen LogP contribution in [0.25, 0.3) is 5.69 Å². The van der Waals surface area contributed by atoms with E-state index in [1.165, 1.54) is 0 Å². The molecule has 0 aliphatic carbocycles. The monoisotopic (exact) mass is 250 g/mol. The minimum absolute atomic E-state index is 0.00784. The molecule has 1 aromatic carbocycles. The minimum atomic E-state index is 0.00784. The Morgan fingerprint density at radius 3 is 2.59 bits per heavy atom. The maximum atomic E-state index is 6.19. The molecule has 0 aliphatic rings. The van der Waals surface area contributed by atoms with Crippen molar-refractivity contribution >= 4 is 11.6 Å².